The third-order valence-corrected chi connectivity index (χ3v) is 5.00. The van der Waals surface area contributed by atoms with E-state index in [1.807, 2.05) is 30.0 Å². The summed E-state index contributed by atoms with van der Waals surface area (Å²) in [5.41, 5.74) is 7.49. The molecule has 1 heterocycles. The molecular weight excluding hydrogens is 326 g/mol. The summed E-state index contributed by atoms with van der Waals surface area (Å²) in [5, 5.41) is 13.0. The molecule has 0 aromatic heterocycles. The Kier molecular flexibility index (Phi) is 4.62. The summed E-state index contributed by atoms with van der Waals surface area (Å²) in [4.78, 5) is 2.38. The van der Waals surface area contributed by atoms with Crippen LogP contribution in [0.2, 0.25) is 0 Å². The summed E-state index contributed by atoms with van der Waals surface area (Å²) in [6, 6.07) is 5.93. The summed E-state index contributed by atoms with van der Waals surface area (Å²) in [6.45, 7) is 6.61. The van der Waals surface area contributed by atoms with Crippen LogP contribution in [0.5, 0.6) is 0 Å². The minimum Gasteiger partial charge on any atom is -0.409 e. The van der Waals surface area contributed by atoms with Crippen molar-refractivity contribution in [3.8, 4) is 0 Å². The molecule has 0 saturated carbocycles. The van der Waals surface area contributed by atoms with E-state index < -0.39 is 0 Å². The molecule has 0 spiro atoms. The highest BCUT2D eigenvalue weighted by Crippen LogP contribution is 2.30. The Morgan fingerprint density at radius 3 is 2.58 bits per heavy atom. The van der Waals surface area contributed by atoms with Crippen molar-refractivity contribution in [2.75, 3.05) is 18.0 Å². The number of hydrogen-bond donors (Lipinski definition) is 2. The summed E-state index contributed by atoms with van der Waals surface area (Å²) >= 11 is 5.51. The maximum Gasteiger partial charge on any atom is 0.171 e. The number of thioether (sulfide) groups is 1. The van der Waals surface area contributed by atoms with Gasteiger partial charge in [0.15, 0.2) is 5.84 Å². The highest BCUT2D eigenvalue weighted by atomic mass is 79.9. The maximum absolute atomic E-state index is 8.73. The number of hydrogen-bond acceptors (Lipinski definition) is 4. The van der Waals surface area contributed by atoms with E-state index in [1.165, 1.54) is 5.69 Å². The number of nitrogens with zero attached hydrogens (tertiary/aromatic N) is 2. The van der Waals surface area contributed by atoms with Crippen molar-refractivity contribution in [3.63, 3.8) is 0 Å². The summed E-state index contributed by atoms with van der Waals surface area (Å²) < 4.78 is 0.846. The van der Waals surface area contributed by atoms with Crippen LogP contribution in [-0.2, 0) is 0 Å². The summed E-state index contributed by atoms with van der Waals surface area (Å²) in [6.07, 6.45) is 0. The molecule has 19 heavy (non-hydrogen) atoms. The molecular formula is C13H18BrN3OS. The van der Waals surface area contributed by atoms with Gasteiger partial charge in [0.25, 0.3) is 0 Å². The van der Waals surface area contributed by atoms with Gasteiger partial charge in [0.05, 0.1) is 0 Å². The minimum absolute atomic E-state index is 0.120. The van der Waals surface area contributed by atoms with Gasteiger partial charge in [0, 0.05) is 39.3 Å². The number of oxime groups is 1. The van der Waals surface area contributed by atoms with Crippen LogP contribution in [0.1, 0.15) is 19.4 Å². The second-order valence-corrected chi connectivity index (χ2v) is 7.55. The molecule has 1 aliphatic rings. The van der Waals surface area contributed by atoms with E-state index >= 15 is 0 Å². The van der Waals surface area contributed by atoms with Crippen molar-refractivity contribution in [1.82, 2.24) is 0 Å². The smallest absolute Gasteiger partial charge is 0.171 e. The number of amidine groups is 1. The SMILES string of the molecule is CC1CN(c2ccc(/C(N)=N/O)c(Br)c2)CC(C)S1. The quantitative estimate of drug-likeness (QED) is 0.375. The van der Waals surface area contributed by atoms with Gasteiger partial charge in [-0.2, -0.15) is 11.8 Å². The van der Waals surface area contributed by atoms with Crippen molar-refractivity contribution in [1.29, 1.82) is 0 Å². The molecule has 6 heteroatoms. The predicted octanol–water partition coefficient (Wildman–Crippen LogP) is 2.87. The van der Waals surface area contributed by atoms with Gasteiger partial charge < -0.3 is 15.8 Å². The predicted molar refractivity (Wildman–Crippen MR) is 85.4 cm³/mol. The third-order valence-electron chi connectivity index (χ3n) is 3.12. The number of benzene rings is 1. The van der Waals surface area contributed by atoms with Crippen LogP contribution in [0.15, 0.2) is 27.8 Å². The van der Waals surface area contributed by atoms with E-state index in [1.54, 1.807) is 0 Å². The van der Waals surface area contributed by atoms with Crippen LogP contribution in [0.4, 0.5) is 5.69 Å². The van der Waals surface area contributed by atoms with Crippen LogP contribution in [0.25, 0.3) is 0 Å². The fourth-order valence-corrected chi connectivity index (χ4v) is 4.25. The number of anilines is 1. The second-order valence-electron chi connectivity index (χ2n) is 4.81. The fraction of sp³-hybridized carbons (Fsp3) is 0.462. The van der Waals surface area contributed by atoms with Crippen LogP contribution < -0.4 is 10.6 Å². The first-order valence-electron chi connectivity index (χ1n) is 6.19. The maximum atomic E-state index is 8.73. The molecule has 1 aliphatic heterocycles. The first-order valence-corrected chi connectivity index (χ1v) is 7.92. The van der Waals surface area contributed by atoms with E-state index in [2.05, 4.69) is 39.8 Å². The minimum atomic E-state index is 0.120. The normalized spacial score (nSPS) is 24.6. The van der Waals surface area contributed by atoms with Gasteiger partial charge in [-0.15, -0.1) is 0 Å². The molecule has 0 bridgehead atoms. The molecule has 2 unspecified atom stereocenters. The van der Waals surface area contributed by atoms with E-state index in [0.29, 0.717) is 16.1 Å². The zero-order chi connectivity index (χ0) is 14.0. The molecule has 3 N–H and O–H groups in total. The Morgan fingerprint density at radius 2 is 2.05 bits per heavy atom. The molecule has 0 aliphatic carbocycles. The summed E-state index contributed by atoms with van der Waals surface area (Å²) in [7, 11) is 0. The van der Waals surface area contributed by atoms with Crippen LogP contribution in [0.3, 0.4) is 0 Å². The van der Waals surface area contributed by atoms with Crippen LogP contribution >= 0.6 is 27.7 Å². The molecule has 1 aromatic rings. The van der Waals surface area contributed by atoms with Crippen molar-refractivity contribution in [3.05, 3.63) is 28.2 Å². The molecule has 2 atom stereocenters. The highest BCUT2D eigenvalue weighted by molar-refractivity contribution is 9.10. The van der Waals surface area contributed by atoms with Crippen molar-refractivity contribution in [2.45, 2.75) is 24.3 Å². The van der Waals surface area contributed by atoms with Gasteiger partial charge in [0.2, 0.25) is 0 Å². The van der Waals surface area contributed by atoms with Gasteiger partial charge in [0.1, 0.15) is 0 Å². The summed E-state index contributed by atoms with van der Waals surface area (Å²) in [5.74, 6) is 0.120. The number of halogens is 1. The number of rotatable bonds is 2. The van der Waals surface area contributed by atoms with Crippen LogP contribution in [-0.4, -0.2) is 34.6 Å². The third kappa shape index (κ3) is 3.36. The van der Waals surface area contributed by atoms with Crippen molar-refractivity contribution >= 4 is 39.2 Å². The first kappa shape index (κ1) is 14.5. The Morgan fingerprint density at radius 1 is 1.42 bits per heavy atom. The zero-order valence-corrected chi connectivity index (χ0v) is 13.4. The fourth-order valence-electron chi connectivity index (χ4n) is 2.35. The molecule has 0 radical (unpaired) electrons. The molecule has 1 aromatic carbocycles. The van der Waals surface area contributed by atoms with Gasteiger partial charge in [-0.25, -0.2) is 0 Å². The van der Waals surface area contributed by atoms with E-state index in [-0.39, 0.29) is 5.84 Å². The Hall–Kier alpha value is -0.880. The molecule has 1 fully saturated rings. The molecule has 2 rings (SSSR count). The van der Waals surface area contributed by atoms with Gasteiger partial charge >= 0.3 is 0 Å². The average molecular weight is 344 g/mol. The molecule has 1 saturated heterocycles. The zero-order valence-electron chi connectivity index (χ0n) is 11.0. The van der Waals surface area contributed by atoms with Gasteiger partial charge in [-0.05, 0) is 34.1 Å². The Labute approximate surface area is 126 Å². The van der Waals surface area contributed by atoms with E-state index in [0.717, 1.165) is 17.6 Å². The Bertz CT molecular complexity index is 485. The molecule has 104 valence electrons. The van der Waals surface area contributed by atoms with Crippen molar-refractivity contribution in [2.24, 2.45) is 10.9 Å². The number of nitrogens with two attached hydrogens (primary N) is 1. The Balaban J connectivity index is 2.24. The highest BCUT2D eigenvalue weighted by Gasteiger charge is 2.22. The van der Waals surface area contributed by atoms with E-state index in [9.17, 15) is 0 Å². The largest absolute Gasteiger partial charge is 0.409 e. The molecule has 4 nitrogen and oxygen atoms in total. The van der Waals surface area contributed by atoms with Gasteiger partial charge in [-0.1, -0.05) is 19.0 Å². The molecule has 0 amide bonds. The first-order chi connectivity index (χ1) is 9.01. The second kappa shape index (κ2) is 6.05. The monoisotopic (exact) mass is 343 g/mol. The van der Waals surface area contributed by atoms with Gasteiger partial charge in [-0.3, -0.25) is 0 Å². The lowest BCUT2D eigenvalue weighted by Crippen LogP contribution is -2.40. The van der Waals surface area contributed by atoms with E-state index in [4.69, 9.17) is 10.9 Å². The van der Waals surface area contributed by atoms with Crippen molar-refractivity contribution < 1.29 is 5.21 Å². The average Bonchev–Trinajstić information content (AvgIpc) is 2.36. The standard InChI is InChI=1S/C13H18BrN3OS/c1-8-6-17(7-9(2)19-8)10-3-4-11(12(14)5-10)13(15)16-18/h3-5,8-9,18H,6-7H2,1-2H3,(H2,15,16). The lowest BCUT2D eigenvalue weighted by molar-refractivity contribution is 0.318. The lowest BCUT2D eigenvalue weighted by atomic mass is 10.1. The van der Waals surface area contributed by atoms with Crippen LogP contribution in [0, 0.1) is 0 Å². The topological polar surface area (TPSA) is 61.8 Å². The lowest BCUT2D eigenvalue weighted by Gasteiger charge is -2.36.